The average molecular weight is 219 g/mol. The summed E-state index contributed by atoms with van der Waals surface area (Å²) >= 11 is 0. The number of carbonyl (C=O) groups is 1. The summed E-state index contributed by atoms with van der Waals surface area (Å²) in [5.74, 6) is -0.125. The standard InChI is InChI=1S/C12H13NO3/c14-12(15)6-3-9-1-4-10(5-2-9)16-11-7-13-8-11/h1-6,11,13H,7-8H2,(H,14,15)/b6-3+. The molecule has 0 atom stereocenters. The summed E-state index contributed by atoms with van der Waals surface area (Å²) < 4.78 is 5.63. The lowest BCUT2D eigenvalue weighted by molar-refractivity contribution is -0.131. The van der Waals surface area contributed by atoms with Crippen LogP contribution in [0.5, 0.6) is 5.75 Å². The van der Waals surface area contributed by atoms with Gasteiger partial charge in [-0.1, -0.05) is 12.1 Å². The Labute approximate surface area is 93.5 Å². The van der Waals surface area contributed by atoms with Crippen LogP contribution in [0, 0.1) is 0 Å². The lowest BCUT2D eigenvalue weighted by Gasteiger charge is -2.27. The van der Waals surface area contributed by atoms with Crippen molar-refractivity contribution in [3.05, 3.63) is 35.9 Å². The fraction of sp³-hybridized carbons (Fsp3) is 0.250. The third-order valence-electron chi connectivity index (χ3n) is 2.35. The smallest absolute Gasteiger partial charge is 0.328 e. The minimum Gasteiger partial charge on any atom is -0.488 e. The van der Waals surface area contributed by atoms with E-state index in [1.54, 1.807) is 6.08 Å². The van der Waals surface area contributed by atoms with Gasteiger partial charge in [0.1, 0.15) is 11.9 Å². The van der Waals surface area contributed by atoms with Crippen molar-refractivity contribution in [1.29, 1.82) is 0 Å². The van der Waals surface area contributed by atoms with Gasteiger partial charge in [-0.3, -0.25) is 0 Å². The Morgan fingerprint density at radius 1 is 1.38 bits per heavy atom. The Morgan fingerprint density at radius 3 is 2.56 bits per heavy atom. The number of carboxylic acid groups (broad SMARTS) is 1. The minimum absolute atomic E-state index is 0.264. The van der Waals surface area contributed by atoms with Crippen LogP contribution < -0.4 is 10.1 Å². The zero-order valence-corrected chi connectivity index (χ0v) is 8.72. The molecule has 2 rings (SSSR count). The van der Waals surface area contributed by atoms with Crippen LogP contribution in [0.2, 0.25) is 0 Å². The average Bonchev–Trinajstić information content (AvgIpc) is 2.22. The summed E-state index contributed by atoms with van der Waals surface area (Å²) in [5.41, 5.74) is 0.849. The summed E-state index contributed by atoms with van der Waals surface area (Å²) in [6.45, 7) is 1.78. The molecule has 2 N–H and O–H groups in total. The fourth-order valence-electron chi connectivity index (χ4n) is 1.36. The van der Waals surface area contributed by atoms with Crippen LogP contribution >= 0.6 is 0 Å². The van der Waals surface area contributed by atoms with Crippen LogP contribution in [0.15, 0.2) is 30.3 Å². The van der Waals surface area contributed by atoms with Gasteiger partial charge in [0.05, 0.1) is 0 Å². The molecule has 16 heavy (non-hydrogen) atoms. The second kappa shape index (κ2) is 4.81. The molecule has 0 radical (unpaired) electrons. The summed E-state index contributed by atoms with van der Waals surface area (Å²) in [6, 6.07) is 7.36. The van der Waals surface area contributed by atoms with Gasteiger partial charge >= 0.3 is 5.97 Å². The van der Waals surface area contributed by atoms with Crippen molar-refractivity contribution in [3.63, 3.8) is 0 Å². The zero-order valence-electron chi connectivity index (χ0n) is 8.72. The lowest BCUT2D eigenvalue weighted by atomic mass is 10.2. The largest absolute Gasteiger partial charge is 0.488 e. The van der Waals surface area contributed by atoms with Gasteiger partial charge in [0.25, 0.3) is 0 Å². The van der Waals surface area contributed by atoms with Crippen molar-refractivity contribution in [3.8, 4) is 5.75 Å². The maximum absolute atomic E-state index is 10.3. The summed E-state index contributed by atoms with van der Waals surface area (Å²) in [6.07, 6.45) is 2.93. The van der Waals surface area contributed by atoms with Gasteiger partial charge in [0, 0.05) is 19.2 Å². The number of ether oxygens (including phenoxy) is 1. The SMILES string of the molecule is O=C(O)/C=C/c1ccc(OC2CNC2)cc1. The first-order valence-corrected chi connectivity index (χ1v) is 5.12. The molecule has 4 heteroatoms. The molecule has 0 unspecified atom stereocenters. The number of nitrogens with one attached hydrogen (secondary N) is 1. The quantitative estimate of drug-likeness (QED) is 0.745. The molecular formula is C12H13NO3. The number of rotatable bonds is 4. The van der Waals surface area contributed by atoms with E-state index < -0.39 is 5.97 Å². The molecule has 0 bridgehead atoms. The maximum Gasteiger partial charge on any atom is 0.328 e. The molecule has 4 nitrogen and oxygen atoms in total. The highest BCUT2D eigenvalue weighted by Crippen LogP contribution is 2.15. The molecule has 1 aromatic carbocycles. The van der Waals surface area contributed by atoms with Crippen molar-refractivity contribution < 1.29 is 14.6 Å². The molecule has 1 heterocycles. The number of hydrogen-bond acceptors (Lipinski definition) is 3. The second-order valence-electron chi connectivity index (χ2n) is 3.64. The first kappa shape index (κ1) is 10.7. The fourth-order valence-corrected chi connectivity index (χ4v) is 1.36. The third-order valence-corrected chi connectivity index (χ3v) is 2.35. The Kier molecular flexibility index (Phi) is 3.22. The minimum atomic E-state index is -0.944. The molecule has 1 aliphatic heterocycles. The first-order valence-electron chi connectivity index (χ1n) is 5.12. The van der Waals surface area contributed by atoms with Gasteiger partial charge in [-0.15, -0.1) is 0 Å². The molecule has 0 aliphatic carbocycles. The van der Waals surface area contributed by atoms with Crippen LogP contribution in [-0.2, 0) is 4.79 Å². The van der Waals surface area contributed by atoms with Gasteiger partial charge < -0.3 is 15.2 Å². The lowest BCUT2D eigenvalue weighted by Crippen LogP contribution is -2.50. The van der Waals surface area contributed by atoms with E-state index in [4.69, 9.17) is 9.84 Å². The van der Waals surface area contributed by atoms with Crippen LogP contribution in [0.1, 0.15) is 5.56 Å². The number of aliphatic carboxylic acids is 1. The number of hydrogen-bond donors (Lipinski definition) is 2. The summed E-state index contributed by atoms with van der Waals surface area (Å²) in [4.78, 5) is 10.3. The first-order chi connectivity index (χ1) is 7.74. The van der Waals surface area contributed by atoms with E-state index in [1.807, 2.05) is 24.3 Å². The Balaban J connectivity index is 1.95. The van der Waals surface area contributed by atoms with Crippen molar-refractivity contribution >= 4 is 12.0 Å². The van der Waals surface area contributed by atoms with Gasteiger partial charge in [-0.25, -0.2) is 4.79 Å². The Hall–Kier alpha value is -1.81. The Bertz CT molecular complexity index is 393. The molecule has 0 amide bonds. The molecule has 1 fully saturated rings. The monoisotopic (exact) mass is 219 g/mol. The van der Waals surface area contributed by atoms with E-state index >= 15 is 0 Å². The second-order valence-corrected chi connectivity index (χ2v) is 3.64. The van der Waals surface area contributed by atoms with Crippen LogP contribution in [0.4, 0.5) is 0 Å². The van der Waals surface area contributed by atoms with Crippen molar-refractivity contribution in [2.45, 2.75) is 6.10 Å². The highest BCUT2D eigenvalue weighted by Gasteiger charge is 2.17. The predicted molar refractivity (Wildman–Crippen MR) is 60.4 cm³/mol. The van der Waals surface area contributed by atoms with E-state index in [0.717, 1.165) is 30.5 Å². The maximum atomic E-state index is 10.3. The third kappa shape index (κ3) is 2.84. The topological polar surface area (TPSA) is 58.6 Å². The number of benzene rings is 1. The van der Waals surface area contributed by atoms with Gasteiger partial charge in [0.15, 0.2) is 0 Å². The van der Waals surface area contributed by atoms with Crippen LogP contribution in [0.25, 0.3) is 6.08 Å². The highest BCUT2D eigenvalue weighted by molar-refractivity contribution is 5.85. The van der Waals surface area contributed by atoms with Crippen LogP contribution in [0.3, 0.4) is 0 Å². The van der Waals surface area contributed by atoms with E-state index in [1.165, 1.54) is 0 Å². The van der Waals surface area contributed by atoms with Crippen molar-refractivity contribution in [1.82, 2.24) is 5.32 Å². The van der Waals surface area contributed by atoms with Gasteiger partial charge in [-0.05, 0) is 23.8 Å². The molecule has 0 aromatic heterocycles. The van der Waals surface area contributed by atoms with Crippen LogP contribution in [-0.4, -0.2) is 30.3 Å². The predicted octanol–water partition coefficient (Wildman–Crippen LogP) is 1.14. The summed E-state index contributed by atoms with van der Waals surface area (Å²) in [5, 5.41) is 11.6. The summed E-state index contributed by atoms with van der Waals surface area (Å²) in [7, 11) is 0. The van der Waals surface area contributed by atoms with Crippen molar-refractivity contribution in [2.24, 2.45) is 0 Å². The van der Waals surface area contributed by atoms with Gasteiger partial charge in [0.2, 0.25) is 0 Å². The molecule has 1 saturated heterocycles. The normalized spacial score (nSPS) is 16.0. The van der Waals surface area contributed by atoms with E-state index in [0.29, 0.717) is 0 Å². The van der Waals surface area contributed by atoms with E-state index in [-0.39, 0.29) is 6.10 Å². The molecule has 1 aliphatic rings. The van der Waals surface area contributed by atoms with E-state index in [9.17, 15) is 4.79 Å². The van der Waals surface area contributed by atoms with Crippen molar-refractivity contribution in [2.75, 3.05) is 13.1 Å². The highest BCUT2D eigenvalue weighted by atomic mass is 16.5. The Morgan fingerprint density at radius 2 is 2.06 bits per heavy atom. The molecular weight excluding hydrogens is 206 g/mol. The van der Waals surface area contributed by atoms with Gasteiger partial charge in [-0.2, -0.15) is 0 Å². The number of carboxylic acids is 1. The molecule has 84 valence electrons. The molecule has 1 aromatic rings. The zero-order chi connectivity index (χ0) is 11.4. The molecule has 0 saturated carbocycles. The van der Waals surface area contributed by atoms with E-state index in [2.05, 4.69) is 5.32 Å². The molecule has 0 spiro atoms.